The molecule has 1 amide bonds. The fourth-order valence-electron chi connectivity index (χ4n) is 4.54. The summed E-state index contributed by atoms with van der Waals surface area (Å²) in [6, 6.07) is 0. The molecular formula is C26H47NO9. The van der Waals surface area contributed by atoms with Crippen LogP contribution in [0.25, 0.3) is 0 Å². The number of aliphatic hydroxyl groups is 1. The molecule has 0 aromatic carbocycles. The van der Waals surface area contributed by atoms with Gasteiger partial charge in [-0.25, -0.2) is 0 Å². The van der Waals surface area contributed by atoms with E-state index in [-0.39, 0.29) is 37.1 Å². The van der Waals surface area contributed by atoms with Crippen LogP contribution >= 0.6 is 0 Å². The number of hydrogen-bond acceptors (Lipinski definition) is 9. The summed E-state index contributed by atoms with van der Waals surface area (Å²) in [7, 11) is 4.64. The molecule has 6 unspecified atom stereocenters. The molecule has 0 aromatic heterocycles. The number of methoxy groups -OCH3 is 3. The number of ether oxygens (including phenoxy) is 5. The third-order valence-corrected chi connectivity index (χ3v) is 6.84. The quantitative estimate of drug-likeness (QED) is 0.383. The maximum Gasteiger partial charge on any atom is 0.309 e. The predicted octanol–water partition coefficient (Wildman–Crippen LogP) is 2.69. The van der Waals surface area contributed by atoms with Gasteiger partial charge in [0.25, 0.3) is 0 Å². The summed E-state index contributed by atoms with van der Waals surface area (Å²) >= 11 is 0. The number of esters is 2. The minimum atomic E-state index is -0.822. The second kappa shape index (κ2) is 16.9. The van der Waals surface area contributed by atoms with E-state index < -0.39 is 42.6 Å². The van der Waals surface area contributed by atoms with Gasteiger partial charge in [-0.15, -0.1) is 0 Å². The maximum absolute atomic E-state index is 12.8. The highest BCUT2D eigenvalue weighted by molar-refractivity contribution is 5.76. The molecule has 1 N–H and O–H groups in total. The van der Waals surface area contributed by atoms with E-state index in [1.807, 2.05) is 6.92 Å². The maximum atomic E-state index is 12.8. The number of hydrogen-bond donors (Lipinski definition) is 1. The summed E-state index contributed by atoms with van der Waals surface area (Å²) in [5.74, 6) is -1.20. The Bertz CT molecular complexity index is 670. The van der Waals surface area contributed by atoms with Gasteiger partial charge in [0.1, 0.15) is 12.2 Å². The monoisotopic (exact) mass is 517 g/mol. The lowest BCUT2D eigenvalue weighted by Gasteiger charge is -2.33. The highest BCUT2D eigenvalue weighted by Gasteiger charge is 2.34. The molecule has 0 bridgehead atoms. The van der Waals surface area contributed by atoms with Gasteiger partial charge in [0, 0.05) is 60.1 Å². The molecule has 1 aliphatic heterocycles. The number of rotatable bonds is 8. The molecule has 0 radical (unpaired) electrons. The molecule has 1 heterocycles. The van der Waals surface area contributed by atoms with Crippen molar-refractivity contribution in [3.05, 3.63) is 0 Å². The topological polar surface area (TPSA) is 121 Å². The molecule has 0 spiro atoms. The minimum Gasteiger partial charge on any atom is -0.462 e. The molecule has 1 saturated heterocycles. The lowest BCUT2D eigenvalue weighted by molar-refractivity contribution is -0.166. The zero-order chi connectivity index (χ0) is 27.3. The first kappa shape index (κ1) is 32.3. The van der Waals surface area contributed by atoms with Gasteiger partial charge in [-0.1, -0.05) is 20.8 Å². The van der Waals surface area contributed by atoms with Crippen molar-refractivity contribution in [2.45, 2.75) is 103 Å². The van der Waals surface area contributed by atoms with Crippen LogP contribution in [0.3, 0.4) is 0 Å². The number of β-amino-alcohol motifs (C(OH)–C–C–N with tert-alkyl or cyclic N) is 1. The average Bonchev–Trinajstić information content (AvgIpc) is 2.86. The van der Waals surface area contributed by atoms with Crippen molar-refractivity contribution in [1.29, 1.82) is 0 Å². The van der Waals surface area contributed by atoms with Gasteiger partial charge in [-0.3, -0.25) is 14.4 Å². The highest BCUT2D eigenvalue weighted by Crippen LogP contribution is 2.29. The standard InChI is InChI=1S/C26H47NO9/c1-8-23(29)27-11-10-18(4)35-25(31)15-22(36-24(30)9-2)21(32-5)13-19(14-26(33-6)34-7)12-17(3)20(28)16-27/h17-22,26,28H,8-16H2,1-7H3. The number of cyclic esters (lactones) is 1. The van der Waals surface area contributed by atoms with Crippen molar-refractivity contribution in [1.82, 2.24) is 4.90 Å². The Labute approximate surface area is 215 Å². The van der Waals surface area contributed by atoms with Gasteiger partial charge in [0.05, 0.1) is 18.6 Å². The number of carbonyl (C=O) groups excluding carboxylic acids is 3. The summed E-state index contributed by atoms with van der Waals surface area (Å²) in [6.07, 6.45) is -0.750. The van der Waals surface area contributed by atoms with E-state index in [1.54, 1.807) is 39.9 Å². The lowest BCUT2D eigenvalue weighted by atomic mass is 9.84. The number of nitrogens with zero attached hydrogens (tertiary/aromatic N) is 1. The van der Waals surface area contributed by atoms with Crippen LogP contribution in [-0.2, 0) is 38.1 Å². The van der Waals surface area contributed by atoms with Crippen molar-refractivity contribution >= 4 is 17.8 Å². The van der Waals surface area contributed by atoms with Crippen molar-refractivity contribution in [3.63, 3.8) is 0 Å². The van der Waals surface area contributed by atoms with Crippen molar-refractivity contribution < 1.29 is 43.2 Å². The zero-order valence-corrected chi connectivity index (χ0v) is 23.1. The fourth-order valence-corrected chi connectivity index (χ4v) is 4.54. The van der Waals surface area contributed by atoms with Crippen LogP contribution in [0.2, 0.25) is 0 Å². The van der Waals surface area contributed by atoms with E-state index in [9.17, 15) is 19.5 Å². The molecule has 210 valence electrons. The largest absolute Gasteiger partial charge is 0.462 e. The molecule has 10 nitrogen and oxygen atoms in total. The Morgan fingerprint density at radius 2 is 1.75 bits per heavy atom. The zero-order valence-electron chi connectivity index (χ0n) is 23.1. The molecule has 1 fully saturated rings. The Kier molecular flexibility index (Phi) is 15.1. The molecule has 0 aliphatic carbocycles. The van der Waals surface area contributed by atoms with Crippen molar-refractivity contribution in [2.24, 2.45) is 11.8 Å². The Morgan fingerprint density at radius 3 is 2.31 bits per heavy atom. The first-order valence-electron chi connectivity index (χ1n) is 13.0. The number of carbonyl (C=O) groups is 3. The van der Waals surface area contributed by atoms with E-state index in [0.717, 1.165) is 0 Å². The third-order valence-electron chi connectivity index (χ3n) is 6.84. The van der Waals surface area contributed by atoms with Crippen LogP contribution in [0.5, 0.6) is 0 Å². The first-order chi connectivity index (χ1) is 17.1. The van der Waals surface area contributed by atoms with E-state index in [0.29, 0.717) is 38.6 Å². The summed E-state index contributed by atoms with van der Waals surface area (Å²) < 4.78 is 27.8. The van der Waals surface area contributed by atoms with Gasteiger partial charge < -0.3 is 33.7 Å². The molecule has 10 heteroatoms. The molecular weight excluding hydrogens is 470 g/mol. The minimum absolute atomic E-state index is 0.0530. The van der Waals surface area contributed by atoms with Crippen LogP contribution in [0.15, 0.2) is 0 Å². The molecule has 1 rings (SSSR count). The van der Waals surface area contributed by atoms with Gasteiger partial charge in [0.2, 0.25) is 5.91 Å². The summed E-state index contributed by atoms with van der Waals surface area (Å²) in [5, 5.41) is 11.0. The molecule has 0 saturated carbocycles. The Hall–Kier alpha value is -1.75. The fraction of sp³-hybridized carbons (Fsp3) is 0.885. The van der Waals surface area contributed by atoms with Gasteiger partial charge in [-0.2, -0.15) is 0 Å². The van der Waals surface area contributed by atoms with Crippen LogP contribution in [-0.4, -0.2) is 93.0 Å². The molecule has 36 heavy (non-hydrogen) atoms. The smallest absolute Gasteiger partial charge is 0.309 e. The SMILES string of the molecule is CCC(=O)OC1CC(=O)OC(C)CCN(C(=O)CC)CC(O)C(C)CC(CC(OC)OC)CC1OC. The van der Waals surface area contributed by atoms with Gasteiger partial charge in [-0.05, 0) is 31.6 Å². The van der Waals surface area contributed by atoms with Crippen molar-refractivity contribution in [3.8, 4) is 0 Å². The Balaban J connectivity index is 3.31. The molecule has 1 aliphatic rings. The van der Waals surface area contributed by atoms with E-state index >= 15 is 0 Å². The number of aliphatic hydroxyl groups excluding tert-OH is 1. The average molecular weight is 518 g/mol. The lowest BCUT2D eigenvalue weighted by Crippen LogP contribution is -2.41. The summed E-state index contributed by atoms with van der Waals surface area (Å²) in [4.78, 5) is 39.1. The highest BCUT2D eigenvalue weighted by atomic mass is 16.7. The second-order valence-corrected chi connectivity index (χ2v) is 9.66. The van der Waals surface area contributed by atoms with Gasteiger partial charge in [0.15, 0.2) is 6.29 Å². The summed E-state index contributed by atoms with van der Waals surface area (Å²) in [6.45, 7) is 7.74. The molecule has 6 atom stereocenters. The van der Waals surface area contributed by atoms with E-state index in [2.05, 4.69) is 0 Å². The normalized spacial score (nSPS) is 29.2. The Morgan fingerprint density at radius 1 is 1.08 bits per heavy atom. The first-order valence-corrected chi connectivity index (χ1v) is 13.0. The van der Waals surface area contributed by atoms with E-state index in [4.69, 9.17) is 23.7 Å². The van der Waals surface area contributed by atoms with Crippen LogP contribution in [0.1, 0.15) is 72.6 Å². The van der Waals surface area contributed by atoms with E-state index in [1.165, 1.54) is 7.11 Å². The van der Waals surface area contributed by atoms with Crippen molar-refractivity contribution in [2.75, 3.05) is 34.4 Å². The third kappa shape index (κ3) is 11.1. The van der Waals surface area contributed by atoms with Gasteiger partial charge >= 0.3 is 11.9 Å². The number of amides is 1. The second-order valence-electron chi connectivity index (χ2n) is 9.66. The van der Waals surface area contributed by atoms with Crippen LogP contribution in [0.4, 0.5) is 0 Å². The van der Waals surface area contributed by atoms with Crippen LogP contribution < -0.4 is 0 Å². The summed E-state index contributed by atoms with van der Waals surface area (Å²) in [5.41, 5.74) is 0. The predicted molar refractivity (Wildman–Crippen MR) is 133 cm³/mol. The van der Waals surface area contributed by atoms with Crippen LogP contribution in [0, 0.1) is 11.8 Å². The molecule has 0 aromatic rings.